The fraction of sp³-hybridized carbons (Fsp3) is 0.364. The van der Waals surface area contributed by atoms with Crippen LogP contribution in [-0.4, -0.2) is 34.8 Å². The molecule has 0 saturated carbocycles. The molecule has 0 radical (unpaired) electrons. The molecule has 0 bridgehead atoms. The normalized spacial score (nSPS) is 10.6. The van der Waals surface area contributed by atoms with E-state index in [0.29, 0.717) is 0 Å². The van der Waals surface area contributed by atoms with Gasteiger partial charge < -0.3 is 32.5 Å². The zero-order valence-electron chi connectivity index (χ0n) is 10.5. The van der Waals surface area contributed by atoms with Gasteiger partial charge in [-0.05, 0) is 0 Å². The highest BCUT2D eigenvalue weighted by Gasteiger charge is 2.38. The predicted octanol–water partition coefficient (Wildman–Crippen LogP) is -2.55. The number of rotatable bonds is 5. The van der Waals surface area contributed by atoms with E-state index >= 15 is 0 Å². The highest BCUT2D eigenvalue weighted by atomic mass is 79.9. The van der Waals surface area contributed by atoms with E-state index in [4.69, 9.17) is 5.11 Å². The van der Waals surface area contributed by atoms with Gasteiger partial charge in [0, 0.05) is 19.0 Å². The van der Waals surface area contributed by atoms with Gasteiger partial charge in [-0.25, -0.2) is 9.36 Å². The molecule has 3 N–H and O–H groups in total. The van der Waals surface area contributed by atoms with Crippen molar-refractivity contribution in [1.29, 1.82) is 0 Å². The average Bonchev–Trinajstić information content (AvgIpc) is 2.32. The fourth-order valence-electron chi connectivity index (χ4n) is 1.41. The van der Waals surface area contributed by atoms with E-state index in [1.165, 1.54) is 16.8 Å². The van der Waals surface area contributed by atoms with Gasteiger partial charge in [-0.3, -0.25) is 4.79 Å². The number of aromatic nitrogens is 1. The summed E-state index contributed by atoms with van der Waals surface area (Å²) in [6, 6.07) is 1.17. The van der Waals surface area contributed by atoms with Crippen LogP contribution in [0.15, 0.2) is 18.5 Å². The Labute approximate surface area is 128 Å². The zero-order chi connectivity index (χ0) is 15.3. The Hall–Kier alpha value is -1.84. The maximum Gasteiger partial charge on any atom is 0.471 e. The summed E-state index contributed by atoms with van der Waals surface area (Å²) >= 11 is 0. The van der Waals surface area contributed by atoms with E-state index in [9.17, 15) is 27.9 Å². The number of alkyl halides is 3. The summed E-state index contributed by atoms with van der Waals surface area (Å²) in [4.78, 5) is 21.1. The molecular formula is C11H12BrF3N2O4. The molecule has 0 fully saturated rings. The number of carbonyl (C=O) groups is 2. The van der Waals surface area contributed by atoms with Crippen LogP contribution in [0.5, 0.6) is 5.75 Å². The molecule has 10 heteroatoms. The number of pyridine rings is 1. The van der Waals surface area contributed by atoms with Crippen molar-refractivity contribution in [2.45, 2.75) is 19.1 Å². The number of nitrogens with one attached hydrogen (secondary N) is 1. The highest BCUT2D eigenvalue weighted by Crippen LogP contribution is 2.14. The highest BCUT2D eigenvalue weighted by molar-refractivity contribution is 5.90. The minimum atomic E-state index is -4.91. The van der Waals surface area contributed by atoms with E-state index in [0.717, 1.165) is 6.20 Å². The quantitative estimate of drug-likeness (QED) is 0.392. The predicted molar refractivity (Wildman–Crippen MR) is 58.9 cm³/mol. The zero-order valence-corrected chi connectivity index (χ0v) is 12.1. The molecule has 21 heavy (non-hydrogen) atoms. The second-order valence-electron chi connectivity index (χ2n) is 3.89. The second kappa shape index (κ2) is 7.81. The first-order chi connectivity index (χ1) is 9.21. The molecule has 1 rings (SSSR count). The van der Waals surface area contributed by atoms with Gasteiger partial charge in [0.25, 0.3) is 0 Å². The molecule has 0 aliphatic rings. The number of carboxylic acid groups (broad SMARTS) is 1. The van der Waals surface area contributed by atoms with Crippen LogP contribution in [0.2, 0.25) is 0 Å². The van der Waals surface area contributed by atoms with Gasteiger partial charge >= 0.3 is 18.1 Å². The summed E-state index contributed by atoms with van der Waals surface area (Å²) in [5, 5.41) is 19.8. The number of aromatic hydroxyl groups is 1. The Morgan fingerprint density at radius 2 is 1.95 bits per heavy atom. The van der Waals surface area contributed by atoms with Gasteiger partial charge in [0.1, 0.15) is 12.1 Å². The molecule has 118 valence electrons. The van der Waals surface area contributed by atoms with Gasteiger partial charge in [-0.2, -0.15) is 13.2 Å². The Balaban J connectivity index is 0.00000400. The number of aryl methyl sites for hydroxylation is 1. The van der Waals surface area contributed by atoms with E-state index in [2.05, 4.69) is 0 Å². The molecule has 1 aromatic rings. The van der Waals surface area contributed by atoms with E-state index < -0.39 is 23.8 Å². The molecule has 6 nitrogen and oxygen atoms in total. The minimum absolute atomic E-state index is 0. The number of carboxylic acids is 1. The maximum atomic E-state index is 11.9. The average molecular weight is 373 g/mol. The van der Waals surface area contributed by atoms with Crippen molar-refractivity contribution in [2.75, 3.05) is 6.54 Å². The van der Waals surface area contributed by atoms with Crippen LogP contribution in [0.3, 0.4) is 0 Å². The number of nitrogens with zero attached hydrogens (tertiary/aromatic N) is 1. The third kappa shape index (κ3) is 5.98. The topological polar surface area (TPSA) is 90.5 Å². The Kier molecular flexibility index (Phi) is 7.13. The lowest BCUT2D eigenvalue weighted by atomic mass is 10.2. The Morgan fingerprint density at radius 1 is 1.33 bits per heavy atom. The summed E-state index contributed by atoms with van der Waals surface area (Å²) in [7, 11) is 0. The van der Waals surface area contributed by atoms with Gasteiger partial charge in [0.2, 0.25) is 6.20 Å². The molecule has 1 amide bonds. The van der Waals surface area contributed by atoms with Crippen molar-refractivity contribution >= 4 is 11.9 Å². The van der Waals surface area contributed by atoms with Gasteiger partial charge in [0.15, 0.2) is 11.9 Å². The summed E-state index contributed by atoms with van der Waals surface area (Å²) in [5.74, 6) is -3.74. The summed E-state index contributed by atoms with van der Waals surface area (Å²) in [6.07, 6.45) is -2.20. The Morgan fingerprint density at radius 3 is 2.43 bits per heavy atom. The van der Waals surface area contributed by atoms with Gasteiger partial charge in [0.05, 0.1) is 0 Å². The molecule has 1 aromatic heterocycles. The third-order valence-corrected chi connectivity index (χ3v) is 2.36. The molecule has 0 spiro atoms. The third-order valence-electron chi connectivity index (χ3n) is 2.36. The first-order valence-electron chi connectivity index (χ1n) is 5.52. The van der Waals surface area contributed by atoms with Crippen LogP contribution in [-0.2, 0) is 11.3 Å². The first-order valence-corrected chi connectivity index (χ1v) is 5.52. The molecule has 0 aliphatic carbocycles. The van der Waals surface area contributed by atoms with Crippen LogP contribution in [0.25, 0.3) is 0 Å². The van der Waals surface area contributed by atoms with Crippen molar-refractivity contribution in [3.05, 3.63) is 24.0 Å². The van der Waals surface area contributed by atoms with Crippen LogP contribution >= 0.6 is 0 Å². The second-order valence-corrected chi connectivity index (χ2v) is 3.89. The summed E-state index contributed by atoms with van der Waals surface area (Å²) in [6.45, 7) is 0.0262. The lowest BCUT2D eigenvalue weighted by molar-refractivity contribution is -0.697. The summed E-state index contributed by atoms with van der Waals surface area (Å²) in [5.41, 5.74) is -0.272. The van der Waals surface area contributed by atoms with Crippen molar-refractivity contribution < 1.29 is 54.5 Å². The van der Waals surface area contributed by atoms with E-state index in [1.54, 1.807) is 5.32 Å². The number of hydrogen-bond donors (Lipinski definition) is 3. The van der Waals surface area contributed by atoms with Gasteiger partial charge in [-0.15, -0.1) is 0 Å². The number of halogens is 4. The monoisotopic (exact) mass is 372 g/mol. The van der Waals surface area contributed by atoms with Crippen molar-refractivity contribution in [3.63, 3.8) is 0 Å². The molecule has 1 heterocycles. The number of aromatic carboxylic acids is 1. The van der Waals surface area contributed by atoms with Crippen LogP contribution in [0.4, 0.5) is 13.2 Å². The number of carbonyl (C=O) groups excluding carboxylic acids is 1. The van der Waals surface area contributed by atoms with Crippen molar-refractivity contribution in [3.8, 4) is 5.75 Å². The standard InChI is InChI=1S/C11H11F3N2O4.BrH/c12-11(13,14)10(20)15-3-1-4-16-5-2-7(9(18)19)8(17)6-16;/h2,5-6H,1,3-4H2,(H2-,15,17,18,19,20);1H. The van der Waals surface area contributed by atoms with Gasteiger partial charge in [-0.1, -0.05) is 0 Å². The van der Waals surface area contributed by atoms with E-state index in [1.807, 2.05) is 0 Å². The lowest BCUT2D eigenvalue weighted by Crippen LogP contribution is -3.00. The first kappa shape index (κ1) is 19.2. The molecule has 0 unspecified atom stereocenters. The number of hydrogen-bond acceptors (Lipinski definition) is 3. The molecular weight excluding hydrogens is 361 g/mol. The Bertz CT molecular complexity index is 523. The lowest BCUT2D eigenvalue weighted by Gasteiger charge is -2.06. The summed E-state index contributed by atoms with van der Waals surface area (Å²) < 4.78 is 37.0. The van der Waals surface area contributed by atoms with Crippen molar-refractivity contribution in [2.24, 2.45) is 0 Å². The maximum absolute atomic E-state index is 11.9. The minimum Gasteiger partial charge on any atom is -1.00 e. The SMILES string of the molecule is O=C(O)c1cc[n+](CCCNC(=O)C(F)(F)F)cc1O.[Br-]. The van der Waals surface area contributed by atoms with E-state index in [-0.39, 0.29) is 42.1 Å². The largest absolute Gasteiger partial charge is 1.00 e. The van der Waals surface area contributed by atoms with Crippen LogP contribution in [0, 0.1) is 0 Å². The fourth-order valence-corrected chi connectivity index (χ4v) is 1.41. The van der Waals surface area contributed by atoms with Crippen molar-refractivity contribution in [1.82, 2.24) is 5.32 Å². The van der Waals surface area contributed by atoms with Crippen LogP contribution < -0.4 is 26.9 Å². The number of amides is 1. The molecule has 0 aliphatic heterocycles. The van der Waals surface area contributed by atoms with Crippen LogP contribution in [0.1, 0.15) is 16.8 Å². The molecule has 0 saturated heterocycles. The molecule has 0 atom stereocenters. The molecule has 0 aromatic carbocycles. The smallest absolute Gasteiger partial charge is 0.471 e.